The van der Waals surface area contributed by atoms with Crippen molar-refractivity contribution in [2.24, 2.45) is 5.92 Å². The van der Waals surface area contributed by atoms with Crippen LogP contribution in [0.3, 0.4) is 0 Å². The Morgan fingerprint density at radius 3 is 2.75 bits per heavy atom. The molecule has 0 aliphatic carbocycles. The smallest absolute Gasteiger partial charge is 0.224 e. The van der Waals surface area contributed by atoms with Gasteiger partial charge in [0, 0.05) is 28.1 Å². The summed E-state index contributed by atoms with van der Waals surface area (Å²) < 4.78 is 1.05. The first-order chi connectivity index (χ1) is 11.7. The molecule has 0 atom stereocenters. The zero-order chi connectivity index (χ0) is 16.8. The first-order valence-corrected chi connectivity index (χ1v) is 10.1. The number of piperidine rings is 1. The van der Waals surface area contributed by atoms with E-state index in [-0.39, 0.29) is 5.91 Å². The van der Waals surface area contributed by atoms with Crippen LogP contribution in [0.15, 0.2) is 38.9 Å². The van der Waals surface area contributed by atoms with Gasteiger partial charge in [-0.25, -0.2) is 4.98 Å². The van der Waals surface area contributed by atoms with Gasteiger partial charge in [0.15, 0.2) is 4.34 Å². The van der Waals surface area contributed by atoms with Crippen LogP contribution in [0.1, 0.15) is 31.4 Å². The predicted molar refractivity (Wildman–Crippen MR) is 101 cm³/mol. The molecule has 128 valence electrons. The molecule has 1 aliphatic heterocycles. The highest BCUT2D eigenvalue weighted by molar-refractivity contribution is 8.01. The molecular weight excluding hydrogens is 338 g/mol. The van der Waals surface area contributed by atoms with E-state index in [4.69, 9.17) is 0 Å². The van der Waals surface area contributed by atoms with Gasteiger partial charge < -0.3 is 10.6 Å². The number of benzene rings is 1. The quantitative estimate of drug-likeness (QED) is 0.804. The Morgan fingerprint density at radius 2 is 2.08 bits per heavy atom. The summed E-state index contributed by atoms with van der Waals surface area (Å²) in [5.41, 5.74) is 1.92. The normalized spacial score (nSPS) is 15.4. The Labute approximate surface area is 151 Å². The summed E-state index contributed by atoms with van der Waals surface area (Å²) in [5.74, 6) is 0.807. The van der Waals surface area contributed by atoms with Crippen molar-refractivity contribution in [1.82, 2.24) is 10.3 Å². The van der Waals surface area contributed by atoms with Crippen molar-refractivity contribution in [3.63, 3.8) is 0 Å². The van der Waals surface area contributed by atoms with Gasteiger partial charge in [0.2, 0.25) is 5.91 Å². The van der Waals surface area contributed by atoms with E-state index in [9.17, 15) is 4.79 Å². The molecule has 2 heterocycles. The summed E-state index contributed by atoms with van der Waals surface area (Å²) in [5, 5.41) is 8.41. The molecule has 1 aromatic heterocycles. The van der Waals surface area contributed by atoms with Gasteiger partial charge in [-0.3, -0.25) is 4.79 Å². The summed E-state index contributed by atoms with van der Waals surface area (Å²) in [6.45, 7) is 4.18. The molecule has 4 nitrogen and oxygen atoms in total. The van der Waals surface area contributed by atoms with E-state index in [1.54, 1.807) is 23.1 Å². The Balaban J connectivity index is 1.45. The molecule has 24 heavy (non-hydrogen) atoms. The molecule has 1 saturated heterocycles. The number of carbonyl (C=O) groups excluding carboxylic acids is 1. The van der Waals surface area contributed by atoms with Crippen molar-refractivity contribution in [2.45, 2.75) is 41.8 Å². The third-order valence-electron chi connectivity index (χ3n) is 4.18. The minimum Gasteiger partial charge on any atom is -0.326 e. The van der Waals surface area contributed by atoms with E-state index in [2.05, 4.69) is 21.0 Å². The number of rotatable bonds is 6. The number of amides is 1. The zero-order valence-corrected chi connectivity index (χ0v) is 15.5. The van der Waals surface area contributed by atoms with Crippen LogP contribution in [0, 0.1) is 12.8 Å². The Morgan fingerprint density at radius 1 is 1.33 bits per heavy atom. The minimum atomic E-state index is 0.115. The fourth-order valence-electron chi connectivity index (χ4n) is 2.82. The number of hydrogen-bond donors (Lipinski definition) is 2. The Hall–Kier alpha value is -1.37. The van der Waals surface area contributed by atoms with Gasteiger partial charge in [-0.1, -0.05) is 11.8 Å². The van der Waals surface area contributed by atoms with Crippen molar-refractivity contribution in [2.75, 3.05) is 18.4 Å². The van der Waals surface area contributed by atoms with Crippen LogP contribution >= 0.6 is 23.1 Å². The number of thiazole rings is 1. The summed E-state index contributed by atoms with van der Waals surface area (Å²) in [4.78, 5) is 17.7. The summed E-state index contributed by atoms with van der Waals surface area (Å²) in [6.07, 6.45) is 3.98. The summed E-state index contributed by atoms with van der Waals surface area (Å²) >= 11 is 3.31. The van der Waals surface area contributed by atoms with Crippen LogP contribution in [0.2, 0.25) is 0 Å². The molecule has 0 unspecified atom stereocenters. The standard InChI is InChI=1S/C18H23N3OS2/c1-13-12-23-18(20-13)24-16-5-3-15(4-6-16)21-17(22)7-2-14-8-10-19-11-9-14/h3-6,12,14,19H,2,7-11H2,1H3,(H,21,22). The third kappa shape index (κ3) is 5.33. The van der Waals surface area contributed by atoms with Crippen LogP contribution in [0.5, 0.6) is 0 Å². The van der Waals surface area contributed by atoms with E-state index in [1.165, 1.54) is 12.8 Å². The second kappa shape index (κ2) is 8.65. The number of aryl methyl sites for hydroxylation is 1. The number of carbonyl (C=O) groups is 1. The predicted octanol–water partition coefficient (Wildman–Crippen LogP) is 4.32. The first kappa shape index (κ1) is 17.5. The third-order valence-corrected chi connectivity index (χ3v) is 6.24. The minimum absolute atomic E-state index is 0.115. The molecule has 1 fully saturated rings. The van der Waals surface area contributed by atoms with Crippen LogP contribution < -0.4 is 10.6 Å². The number of nitrogens with one attached hydrogen (secondary N) is 2. The Bertz CT molecular complexity index is 663. The first-order valence-electron chi connectivity index (χ1n) is 8.39. The molecule has 0 saturated carbocycles. The molecule has 3 rings (SSSR count). The van der Waals surface area contributed by atoms with Gasteiger partial charge in [-0.2, -0.15) is 0 Å². The number of hydrogen-bond acceptors (Lipinski definition) is 5. The molecular formula is C18H23N3OS2. The maximum absolute atomic E-state index is 12.1. The highest BCUT2D eigenvalue weighted by Crippen LogP contribution is 2.30. The van der Waals surface area contributed by atoms with Crippen molar-refractivity contribution in [1.29, 1.82) is 0 Å². The van der Waals surface area contributed by atoms with Crippen LogP contribution in [-0.2, 0) is 4.79 Å². The van der Waals surface area contributed by atoms with Crippen LogP contribution in [0.4, 0.5) is 5.69 Å². The van der Waals surface area contributed by atoms with Crippen molar-refractivity contribution >= 4 is 34.7 Å². The molecule has 6 heteroatoms. The summed E-state index contributed by atoms with van der Waals surface area (Å²) in [6, 6.07) is 7.99. The molecule has 0 spiro atoms. The lowest BCUT2D eigenvalue weighted by atomic mass is 9.93. The topological polar surface area (TPSA) is 54.0 Å². The average Bonchev–Trinajstić information content (AvgIpc) is 3.01. The second-order valence-corrected chi connectivity index (χ2v) is 8.34. The SMILES string of the molecule is Cc1csc(Sc2ccc(NC(=O)CCC3CCNCC3)cc2)n1. The van der Waals surface area contributed by atoms with E-state index in [0.29, 0.717) is 12.3 Å². The summed E-state index contributed by atoms with van der Waals surface area (Å²) in [7, 11) is 0. The maximum Gasteiger partial charge on any atom is 0.224 e. The largest absolute Gasteiger partial charge is 0.326 e. The molecule has 1 aliphatic rings. The Kier molecular flexibility index (Phi) is 6.29. The second-order valence-electron chi connectivity index (χ2n) is 6.16. The van der Waals surface area contributed by atoms with Gasteiger partial charge in [0.1, 0.15) is 0 Å². The molecule has 1 aromatic carbocycles. The van der Waals surface area contributed by atoms with E-state index >= 15 is 0 Å². The van der Waals surface area contributed by atoms with Crippen LogP contribution in [-0.4, -0.2) is 24.0 Å². The van der Waals surface area contributed by atoms with Gasteiger partial charge in [-0.15, -0.1) is 11.3 Å². The number of nitrogens with zero attached hydrogens (tertiary/aromatic N) is 1. The number of aromatic nitrogens is 1. The van der Waals surface area contributed by atoms with E-state index in [1.807, 2.05) is 31.2 Å². The highest BCUT2D eigenvalue weighted by atomic mass is 32.2. The fraction of sp³-hybridized carbons (Fsp3) is 0.444. The highest BCUT2D eigenvalue weighted by Gasteiger charge is 2.14. The molecule has 0 radical (unpaired) electrons. The molecule has 1 amide bonds. The van der Waals surface area contributed by atoms with Gasteiger partial charge in [0.25, 0.3) is 0 Å². The fourth-order valence-corrected chi connectivity index (χ4v) is 4.63. The van der Waals surface area contributed by atoms with Crippen molar-refractivity contribution in [3.05, 3.63) is 35.3 Å². The maximum atomic E-state index is 12.1. The molecule has 2 aromatic rings. The van der Waals surface area contributed by atoms with E-state index < -0.39 is 0 Å². The monoisotopic (exact) mass is 361 g/mol. The average molecular weight is 362 g/mol. The molecule has 2 N–H and O–H groups in total. The lowest BCUT2D eigenvalue weighted by Crippen LogP contribution is -2.28. The molecule has 0 bridgehead atoms. The lowest BCUT2D eigenvalue weighted by molar-refractivity contribution is -0.116. The van der Waals surface area contributed by atoms with Crippen molar-refractivity contribution < 1.29 is 4.79 Å². The van der Waals surface area contributed by atoms with Crippen molar-refractivity contribution in [3.8, 4) is 0 Å². The lowest BCUT2D eigenvalue weighted by Gasteiger charge is -2.22. The number of anilines is 1. The van der Waals surface area contributed by atoms with Crippen LogP contribution in [0.25, 0.3) is 0 Å². The zero-order valence-electron chi connectivity index (χ0n) is 13.9. The van der Waals surface area contributed by atoms with E-state index in [0.717, 1.165) is 40.1 Å². The van der Waals surface area contributed by atoms with Gasteiger partial charge in [0.05, 0.1) is 0 Å². The van der Waals surface area contributed by atoms with Gasteiger partial charge in [-0.05, 0) is 69.5 Å². The van der Waals surface area contributed by atoms with Gasteiger partial charge >= 0.3 is 0 Å².